The van der Waals surface area contributed by atoms with Crippen LogP contribution in [0.4, 0.5) is 0 Å². The van der Waals surface area contributed by atoms with Crippen molar-refractivity contribution in [2.24, 2.45) is 11.7 Å². The molecule has 6 heteroatoms. The number of hydrogen-bond donors (Lipinski definition) is 2. The number of rotatable bonds is 3. The van der Waals surface area contributed by atoms with Crippen LogP contribution in [0.3, 0.4) is 0 Å². The minimum absolute atomic E-state index is 0.141. The first kappa shape index (κ1) is 13.5. The van der Waals surface area contributed by atoms with Crippen LogP contribution in [0.15, 0.2) is 31.0 Å². The van der Waals surface area contributed by atoms with E-state index < -0.39 is 0 Å². The Hall–Kier alpha value is -2.21. The average molecular weight is 296 g/mol. The summed E-state index contributed by atoms with van der Waals surface area (Å²) in [6.45, 7) is 4.39. The van der Waals surface area contributed by atoms with E-state index in [0.29, 0.717) is 5.92 Å². The molecule has 0 saturated heterocycles. The fourth-order valence-electron chi connectivity index (χ4n) is 3.62. The lowest BCUT2D eigenvalue weighted by molar-refractivity contribution is 0.0994. The summed E-state index contributed by atoms with van der Waals surface area (Å²) in [7, 11) is 0. The number of nitrogens with two attached hydrogens (primary N) is 1. The number of nitrogens with one attached hydrogen (secondary N) is 1. The molecule has 0 aromatic carbocycles. The van der Waals surface area contributed by atoms with Crippen molar-refractivity contribution in [2.45, 2.75) is 38.3 Å². The molecule has 1 aliphatic carbocycles. The first-order valence-electron chi connectivity index (χ1n) is 7.68. The molecule has 6 nitrogen and oxygen atoms in total. The van der Waals surface area contributed by atoms with Gasteiger partial charge in [0.2, 0.25) is 0 Å². The Morgan fingerprint density at radius 2 is 2.23 bits per heavy atom. The van der Waals surface area contributed by atoms with Gasteiger partial charge in [0, 0.05) is 28.9 Å². The highest BCUT2D eigenvalue weighted by Gasteiger charge is 2.43. The van der Waals surface area contributed by atoms with Gasteiger partial charge >= 0.3 is 0 Å². The molecule has 1 aliphatic rings. The lowest BCUT2D eigenvalue weighted by Gasteiger charge is -2.47. The van der Waals surface area contributed by atoms with Crippen LogP contribution in [0.1, 0.15) is 32.7 Å². The Morgan fingerprint density at radius 3 is 3.00 bits per heavy atom. The molecule has 114 valence electrons. The molecule has 0 spiro atoms. The van der Waals surface area contributed by atoms with Crippen molar-refractivity contribution in [1.29, 1.82) is 0 Å². The van der Waals surface area contributed by atoms with E-state index in [2.05, 4.69) is 33.9 Å². The van der Waals surface area contributed by atoms with Crippen LogP contribution < -0.4 is 5.73 Å². The summed E-state index contributed by atoms with van der Waals surface area (Å²) in [5.74, 6) is 0.712. The second-order valence-electron chi connectivity index (χ2n) is 6.59. The van der Waals surface area contributed by atoms with Gasteiger partial charge in [-0.25, -0.2) is 9.97 Å². The van der Waals surface area contributed by atoms with E-state index in [-0.39, 0.29) is 11.6 Å². The zero-order valence-corrected chi connectivity index (χ0v) is 12.8. The molecular weight excluding hydrogens is 276 g/mol. The minimum atomic E-state index is -0.141. The van der Waals surface area contributed by atoms with Crippen LogP contribution in [0.25, 0.3) is 22.3 Å². The van der Waals surface area contributed by atoms with Gasteiger partial charge in [0.15, 0.2) is 0 Å². The van der Waals surface area contributed by atoms with E-state index in [0.717, 1.165) is 35.1 Å². The fourth-order valence-corrected chi connectivity index (χ4v) is 3.62. The predicted molar refractivity (Wildman–Crippen MR) is 85.1 cm³/mol. The zero-order valence-electron chi connectivity index (χ0n) is 12.8. The molecule has 1 unspecified atom stereocenters. The van der Waals surface area contributed by atoms with Crippen LogP contribution in [0, 0.1) is 5.92 Å². The quantitative estimate of drug-likeness (QED) is 0.777. The van der Waals surface area contributed by atoms with Gasteiger partial charge in [0.05, 0.1) is 17.9 Å². The van der Waals surface area contributed by atoms with Crippen LogP contribution in [-0.2, 0) is 0 Å². The van der Waals surface area contributed by atoms with Crippen LogP contribution in [-0.4, -0.2) is 30.3 Å². The smallest absolute Gasteiger partial charge is 0.141 e. The highest BCUT2D eigenvalue weighted by atomic mass is 15.3. The minimum Gasteiger partial charge on any atom is -0.346 e. The molecule has 0 amide bonds. The molecule has 1 fully saturated rings. The van der Waals surface area contributed by atoms with Gasteiger partial charge < -0.3 is 10.7 Å². The lowest BCUT2D eigenvalue weighted by Crippen LogP contribution is -2.56. The fraction of sp³-hybridized carbons (Fsp3) is 0.438. The Balaban J connectivity index is 1.68. The number of fused-ring (bicyclic) bond motifs is 1. The van der Waals surface area contributed by atoms with Gasteiger partial charge in [-0.05, 0) is 31.7 Å². The number of aromatic amines is 1. The van der Waals surface area contributed by atoms with Gasteiger partial charge in [0.1, 0.15) is 12.0 Å². The maximum Gasteiger partial charge on any atom is 0.141 e. The molecule has 3 heterocycles. The second kappa shape index (κ2) is 4.64. The van der Waals surface area contributed by atoms with Crippen LogP contribution in [0.2, 0.25) is 0 Å². The molecular formula is C16H20N6. The van der Waals surface area contributed by atoms with Gasteiger partial charge in [0.25, 0.3) is 0 Å². The normalized spacial score (nSPS) is 26.0. The van der Waals surface area contributed by atoms with E-state index in [4.69, 9.17) is 5.73 Å². The van der Waals surface area contributed by atoms with E-state index >= 15 is 0 Å². The average Bonchev–Trinajstić information content (AvgIpc) is 3.13. The topological polar surface area (TPSA) is 85.4 Å². The largest absolute Gasteiger partial charge is 0.346 e. The van der Waals surface area contributed by atoms with Crippen LogP contribution >= 0.6 is 0 Å². The molecule has 3 aromatic rings. The number of H-pyrrole nitrogens is 1. The first-order valence-corrected chi connectivity index (χ1v) is 7.68. The van der Waals surface area contributed by atoms with Crippen molar-refractivity contribution in [2.75, 3.05) is 0 Å². The number of nitrogens with zero attached hydrogens (tertiary/aromatic N) is 4. The van der Waals surface area contributed by atoms with Gasteiger partial charge in [-0.3, -0.25) is 4.68 Å². The third-order valence-electron chi connectivity index (χ3n) is 4.91. The van der Waals surface area contributed by atoms with Crippen molar-refractivity contribution in [3.05, 3.63) is 31.0 Å². The number of hydrogen-bond acceptors (Lipinski definition) is 4. The molecule has 3 N–H and O–H groups in total. The molecule has 0 bridgehead atoms. The first-order chi connectivity index (χ1) is 10.6. The van der Waals surface area contributed by atoms with E-state index in [1.165, 1.54) is 0 Å². The second-order valence-corrected chi connectivity index (χ2v) is 6.59. The highest BCUT2D eigenvalue weighted by Crippen LogP contribution is 2.42. The van der Waals surface area contributed by atoms with E-state index in [1.807, 2.05) is 29.3 Å². The third kappa shape index (κ3) is 1.94. The van der Waals surface area contributed by atoms with Gasteiger partial charge in [-0.2, -0.15) is 5.10 Å². The molecule has 1 atom stereocenters. The maximum atomic E-state index is 6.50. The maximum absolute atomic E-state index is 6.50. The highest BCUT2D eigenvalue weighted by molar-refractivity contribution is 5.89. The molecule has 3 aromatic heterocycles. The molecule has 22 heavy (non-hydrogen) atoms. The van der Waals surface area contributed by atoms with Crippen molar-refractivity contribution >= 4 is 11.0 Å². The predicted octanol–water partition coefficient (Wildman–Crippen LogP) is 2.51. The van der Waals surface area contributed by atoms with E-state index in [9.17, 15) is 0 Å². The molecule has 0 radical (unpaired) electrons. The SMILES string of the molecule is CC1CC(N)(C(C)n2cc(-c3ncnc4[nH]ccc34)cn2)C1. The third-order valence-corrected chi connectivity index (χ3v) is 4.91. The van der Waals surface area contributed by atoms with Crippen molar-refractivity contribution in [3.63, 3.8) is 0 Å². The summed E-state index contributed by atoms with van der Waals surface area (Å²) in [6.07, 6.45) is 9.46. The summed E-state index contributed by atoms with van der Waals surface area (Å²) in [5, 5.41) is 5.53. The zero-order chi connectivity index (χ0) is 15.3. The lowest BCUT2D eigenvalue weighted by atomic mass is 9.66. The summed E-state index contributed by atoms with van der Waals surface area (Å²) < 4.78 is 1.97. The Kier molecular flexibility index (Phi) is 2.84. The summed E-state index contributed by atoms with van der Waals surface area (Å²) in [4.78, 5) is 11.7. The standard InChI is InChI=1S/C16H20N6/c1-10-5-16(17,6-10)11(2)22-8-12(7-21-22)14-13-3-4-18-15(13)20-9-19-14/h3-4,7-11H,5-6,17H2,1-2H3,(H,18,19,20). The number of aromatic nitrogens is 5. The Labute approximate surface area is 128 Å². The van der Waals surface area contributed by atoms with E-state index in [1.54, 1.807) is 6.33 Å². The molecule has 4 rings (SSSR count). The molecule has 0 aliphatic heterocycles. The van der Waals surface area contributed by atoms with Crippen molar-refractivity contribution in [3.8, 4) is 11.3 Å². The van der Waals surface area contributed by atoms with Crippen molar-refractivity contribution < 1.29 is 0 Å². The van der Waals surface area contributed by atoms with Crippen molar-refractivity contribution in [1.82, 2.24) is 24.7 Å². The summed E-state index contributed by atoms with van der Waals surface area (Å²) >= 11 is 0. The van der Waals surface area contributed by atoms with Gasteiger partial charge in [-0.1, -0.05) is 6.92 Å². The monoisotopic (exact) mass is 296 g/mol. The van der Waals surface area contributed by atoms with Crippen LogP contribution in [0.5, 0.6) is 0 Å². The Bertz CT molecular complexity index is 811. The summed E-state index contributed by atoms with van der Waals surface area (Å²) in [5.41, 5.74) is 9.10. The van der Waals surface area contributed by atoms with Gasteiger partial charge in [-0.15, -0.1) is 0 Å². The molecule has 1 saturated carbocycles. The summed E-state index contributed by atoms with van der Waals surface area (Å²) in [6, 6.07) is 2.17. The Morgan fingerprint density at radius 1 is 1.41 bits per heavy atom.